The van der Waals surface area contributed by atoms with E-state index in [0.29, 0.717) is 12.2 Å². The minimum Gasteiger partial charge on any atom is -0.406 e. The Bertz CT molecular complexity index is 1040. The van der Waals surface area contributed by atoms with Gasteiger partial charge in [-0.05, 0) is 48.5 Å². The highest BCUT2D eigenvalue weighted by atomic mass is 32.1. The van der Waals surface area contributed by atoms with Crippen molar-refractivity contribution in [3.05, 3.63) is 60.2 Å². The summed E-state index contributed by atoms with van der Waals surface area (Å²) >= 11 is 5.45. The van der Waals surface area contributed by atoms with Crippen LogP contribution in [0.5, 0.6) is 5.75 Å². The Kier molecular flexibility index (Phi) is 6.70. The second-order valence-corrected chi connectivity index (χ2v) is 8.84. The fourth-order valence-electron chi connectivity index (χ4n) is 4.65. The van der Waals surface area contributed by atoms with Crippen LogP contribution in [-0.2, 0) is 11.3 Å². The molecule has 1 aliphatic heterocycles. The lowest BCUT2D eigenvalue weighted by molar-refractivity contribution is -0.274. The number of carbonyl (C=O) groups excluding carboxylic acids is 1. The van der Waals surface area contributed by atoms with E-state index in [2.05, 4.69) is 10.1 Å². The van der Waals surface area contributed by atoms with Gasteiger partial charge < -0.3 is 30.1 Å². The van der Waals surface area contributed by atoms with Crippen LogP contribution in [0.2, 0.25) is 0 Å². The predicted octanol–water partition coefficient (Wildman–Crippen LogP) is 2.42. The summed E-state index contributed by atoms with van der Waals surface area (Å²) in [6.45, 7) is 0.355. The van der Waals surface area contributed by atoms with Gasteiger partial charge in [-0.2, -0.15) is 0 Å². The normalized spacial score (nSPS) is 26.6. The van der Waals surface area contributed by atoms with Gasteiger partial charge in [0.1, 0.15) is 11.9 Å². The number of fused-ring (bicyclic) bond motifs is 1. The van der Waals surface area contributed by atoms with E-state index in [1.54, 1.807) is 16.8 Å². The number of rotatable bonds is 5. The minimum absolute atomic E-state index is 0.0103. The highest BCUT2D eigenvalue weighted by Crippen LogP contribution is 2.38. The van der Waals surface area contributed by atoms with Crippen molar-refractivity contribution in [3.63, 3.8) is 0 Å². The smallest absolute Gasteiger partial charge is 0.406 e. The Labute approximate surface area is 199 Å². The predicted molar refractivity (Wildman–Crippen MR) is 122 cm³/mol. The summed E-state index contributed by atoms with van der Waals surface area (Å²) in [6, 6.07) is 13.2. The van der Waals surface area contributed by atoms with Gasteiger partial charge in [0.2, 0.25) is 5.91 Å². The third-order valence-corrected chi connectivity index (χ3v) is 6.46. The number of amides is 1. The van der Waals surface area contributed by atoms with E-state index in [9.17, 15) is 28.2 Å². The number of anilines is 1. The highest BCUT2D eigenvalue weighted by molar-refractivity contribution is 7.80. The van der Waals surface area contributed by atoms with E-state index >= 15 is 0 Å². The van der Waals surface area contributed by atoms with E-state index in [4.69, 9.17) is 12.2 Å². The maximum atomic E-state index is 13.5. The summed E-state index contributed by atoms with van der Waals surface area (Å²) in [7, 11) is 1.66. The second kappa shape index (κ2) is 9.40. The molecule has 11 heteroatoms. The topological polar surface area (TPSA) is 85.3 Å². The third-order valence-electron chi connectivity index (χ3n) is 6.15. The van der Waals surface area contributed by atoms with Crippen LogP contribution in [0.4, 0.5) is 18.9 Å². The fraction of sp³-hybridized carbons (Fsp3) is 0.391. The maximum Gasteiger partial charge on any atom is 0.573 e. The van der Waals surface area contributed by atoms with E-state index in [0.717, 1.165) is 17.7 Å². The number of nitrogens with zero attached hydrogens (tertiary/aromatic N) is 2. The molecule has 1 heterocycles. The summed E-state index contributed by atoms with van der Waals surface area (Å²) in [4.78, 5) is 16.7. The average molecular weight is 496 g/mol. The largest absolute Gasteiger partial charge is 0.573 e. The van der Waals surface area contributed by atoms with Crippen LogP contribution >= 0.6 is 12.2 Å². The van der Waals surface area contributed by atoms with Crippen molar-refractivity contribution in [2.24, 2.45) is 5.92 Å². The molecule has 5 atom stereocenters. The van der Waals surface area contributed by atoms with Crippen molar-refractivity contribution in [3.8, 4) is 5.75 Å². The van der Waals surface area contributed by atoms with Crippen LogP contribution in [-0.4, -0.2) is 63.8 Å². The number of nitrogens with one attached hydrogen (secondary N) is 1. The molecule has 0 spiro atoms. The first-order valence-corrected chi connectivity index (χ1v) is 11.1. The Morgan fingerprint density at radius 3 is 2.44 bits per heavy atom. The number of hydrogen-bond acceptors (Lipinski definition) is 5. The molecule has 1 aliphatic carbocycles. The molecule has 2 aromatic carbocycles. The van der Waals surface area contributed by atoms with Gasteiger partial charge in [0, 0.05) is 19.3 Å². The number of benzene rings is 2. The first kappa shape index (κ1) is 24.2. The van der Waals surface area contributed by atoms with Gasteiger partial charge in [-0.1, -0.05) is 30.3 Å². The van der Waals surface area contributed by atoms with Crippen LogP contribution in [0.15, 0.2) is 54.6 Å². The standard InChI is InChI=1S/C23H24F3N3O4S/c1-28(12-13-5-3-2-4-6-13)21(32)16-11-17(30)20(31)18-19(16)29(22(34)27-18)14-7-9-15(10-8-14)33-23(24,25)26/h2-10,16-20,30-31H,11-12H2,1H3,(H,27,34)/t16-,17+,18-,19+,20-/m0/s1. The van der Waals surface area contributed by atoms with Gasteiger partial charge in [0.05, 0.1) is 24.1 Å². The molecule has 182 valence electrons. The highest BCUT2D eigenvalue weighted by Gasteiger charge is 2.54. The molecule has 0 bridgehead atoms. The lowest BCUT2D eigenvalue weighted by Crippen LogP contribution is -2.61. The van der Waals surface area contributed by atoms with Crippen molar-refractivity contribution in [1.29, 1.82) is 0 Å². The molecular weight excluding hydrogens is 471 g/mol. The number of alkyl halides is 3. The molecule has 0 unspecified atom stereocenters. The van der Waals surface area contributed by atoms with Gasteiger partial charge in [0.15, 0.2) is 5.11 Å². The number of aliphatic hydroxyl groups excluding tert-OH is 2. The molecule has 1 saturated heterocycles. The SMILES string of the molecule is CN(Cc1ccccc1)C(=O)[C@H]1C[C@@H](O)[C@H](O)[C@H]2NC(=S)N(c3ccc(OC(F)(F)F)cc3)[C@@H]21. The quantitative estimate of drug-likeness (QED) is 0.550. The maximum absolute atomic E-state index is 13.5. The van der Waals surface area contributed by atoms with Gasteiger partial charge in [0.25, 0.3) is 0 Å². The number of thiocarbonyl (C=S) groups is 1. The summed E-state index contributed by atoms with van der Waals surface area (Å²) in [6.07, 6.45) is -7.12. The van der Waals surface area contributed by atoms with Gasteiger partial charge >= 0.3 is 6.36 Å². The number of carbonyl (C=O) groups is 1. The average Bonchev–Trinajstić information content (AvgIpc) is 3.13. The molecular formula is C23H24F3N3O4S. The summed E-state index contributed by atoms with van der Waals surface area (Å²) in [5, 5.41) is 24.2. The van der Waals surface area contributed by atoms with Crippen LogP contribution < -0.4 is 15.0 Å². The molecule has 4 rings (SSSR count). The fourth-order valence-corrected chi connectivity index (χ4v) is 5.02. The number of ether oxygens (including phenoxy) is 1. The zero-order chi connectivity index (χ0) is 24.6. The Balaban J connectivity index is 1.61. The zero-order valence-electron chi connectivity index (χ0n) is 18.1. The van der Waals surface area contributed by atoms with Crippen LogP contribution in [0.25, 0.3) is 0 Å². The van der Waals surface area contributed by atoms with Crippen molar-refractivity contribution in [1.82, 2.24) is 10.2 Å². The molecule has 1 saturated carbocycles. The van der Waals surface area contributed by atoms with Crippen LogP contribution in [0.3, 0.4) is 0 Å². The number of halogens is 3. The Morgan fingerprint density at radius 1 is 1.18 bits per heavy atom. The molecule has 0 aromatic heterocycles. The van der Waals surface area contributed by atoms with E-state index in [1.165, 1.54) is 12.1 Å². The molecule has 2 aromatic rings. The lowest BCUT2D eigenvalue weighted by atomic mass is 9.77. The first-order valence-electron chi connectivity index (χ1n) is 10.7. The van der Waals surface area contributed by atoms with E-state index in [1.807, 2.05) is 30.3 Å². The van der Waals surface area contributed by atoms with Crippen molar-refractivity contribution in [2.45, 2.75) is 43.6 Å². The molecule has 7 nitrogen and oxygen atoms in total. The van der Waals surface area contributed by atoms with Crippen molar-refractivity contribution < 1.29 is 32.9 Å². The van der Waals surface area contributed by atoms with Gasteiger partial charge in [-0.25, -0.2) is 0 Å². The molecule has 2 fully saturated rings. The van der Waals surface area contributed by atoms with Crippen LogP contribution in [0.1, 0.15) is 12.0 Å². The number of hydrogen-bond donors (Lipinski definition) is 3. The molecule has 1 amide bonds. The van der Waals surface area contributed by atoms with Crippen LogP contribution in [0, 0.1) is 5.92 Å². The second-order valence-electron chi connectivity index (χ2n) is 8.46. The van der Waals surface area contributed by atoms with E-state index < -0.39 is 36.6 Å². The lowest BCUT2D eigenvalue weighted by Gasteiger charge is -2.42. The third kappa shape index (κ3) is 4.96. The molecule has 0 radical (unpaired) electrons. The summed E-state index contributed by atoms with van der Waals surface area (Å²) in [5.74, 6) is -1.35. The monoisotopic (exact) mass is 495 g/mol. The first-order chi connectivity index (χ1) is 16.0. The Hall–Kier alpha value is -2.89. The van der Waals surface area contributed by atoms with Gasteiger partial charge in [-0.15, -0.1) is 13.2 Å². The Morgan fingerprint density at radius 2 is 1.82 bits per heavy atom. The zero-order valence-corrected chi connectivity index (χ0v) is 19.0. The van der Waals surface area contributed by atoms with Gasteiger partial charge in [-0.3, -0.25) is 4.79 Å². The van der Waals surface area contributed by atoms with Crippen molar-refractivity contribution >= 4 is 28.9 Å². The van der Waals surface area contributed by atoms with E-state index in [-0.39, 0.29) is 23.2 Å². The molecule has 34 heavy (non-hydrogen) atoms. The minimum atomic E-state index is -4.82. The summed E-state index contributed by atoms with van der Waals surface area (Å²) in [5.41, 5.74) is 1.37. The van der Waals surface area contributed by atoms with Crippen molar-refractivity contribution in [2.75, 3.05) is 11.9 Å². The molecule has 3 N–H and O–H groups in total. The summed E-state index contributed by atoms with van der Waals surface area (Å²) < 4.78 is 41.5. The molecule has 2 aliphatic rings. The number of aliphatic hydroxyl groups is 2.